The third-order valence-electron chi connectivity index (χ3n) is 27.5. The zero-order chi connectivity index (χ0) is 94.1. The van der Waals surface area contributed by atoms with Crippen LogP contribution in [0.5, 0.6) is 5.75 Å². The molecular formula is C106H175NO21. The molecule has 0 spiro atoms. The first-order chi connectivity index (χ1) is 61.2. The minimum atomic E-state index is -2.61. The fourth-order valence-corrected chi connectivity index (χ4v) is 19.6. The lowest BCUT2D eigenvalue weighted by atomic mass is 9.78. The third kappa shape index (κ3) is 39.9. The highest BCUT2D eigenvalue weighted by atomic mass is 16.7. The summed E-state index contributed by atoms with van der Waals surface area (Å²) in [5, 5.41) is 23.4. The van der Waals surface area contributed by atoms with Gasteiger partial charge in [0.1, 0.15) is 49.1 Å². The first-order valence-corrected chi connectivity index (χ1v) is 50.5. The normalized spacial score (nSPS) is 25.3. The van der Waals surface area contributed by atoms with Gasteiger partial charge in [0, 0.05) is 75.9 Å². The van der Waals surface area contributed by atoms with Crippen LogP contribution in [0.25, 0.3) is 0 Å². The number of piperidine rings is 1. The molecule has 0 radical (unpaired) electrons. The number of nitrogens with zero attached hydrogens (tertiary/aromatic N) is 1. The molecule has 3 fully saturated rings. The lowest BCUT2D eigenvalue weighted by molar-refractivity contribution is -0.302. The van der Waals surface area contributed by atoms with Gasteiger partial charge in [0.2, 0.25) is 5.79 Å². The number of allylic oxidation sites excluding steroid dienone is 4. The van der Waals surface area contributed by atoms with E-state index in [9.17, 15) is 39.0 Å². The number of hydrogen-bond acceptors (Lipinski definition) is 21. The minimum Gasteiger partial charge on any atom is -0.462 e. The van der Waals surface area contributed by atoms with Crippen molar-refractivity contribution in [2.75, 3.05) is 41.1 Å². The van der Waals surface area contributed by atoms with Crippen LogP contribution in [-0.2, 0) is 91.2 Å². The molecular weight excluding hydrogens is 1620 g/mol. The lowest BCUT2D eigenvalue weighted by Gasteiger charge is -2.47. The number of aliphatic hydroxyl groups excluding tert-OH is 1. The van der Waals surface area contributed by atoms with Crippen LogP contribution in [-0.4, -0.2) is 170 Å². The van der Waals surface area contributed by atoms with Gasteiger partial charge in [0.25, 0.3) is 11.7 Å². The maximum absolute atomic E-state index is 15.3. The number of carbonyl (C=O) groups is 9. The van der Waals surface area contributed by atoms with E-state index in [2.05, 4.69) is 20.4 Å². The number of benzene rings is 1. The quantitative estimate of drug-likeness (QED) is 0.0153. The number of fused-ring (bicyclic) bond motifs is 3. The van der Waals surface area contributed by atoms with Crippen LogP contribution in [0.4, 0.5) is 0 Å². The summed E-state index contributed by atoms with van der Waals surface area (Å²) >= 11 is 0. The number of amides is 1. The number of Topliss-reactive ketones (excluding diaryl/α,β-unsaturated/α-hetero) is 2. The molecule has 2 bridgehead atoms. The number of unbranched alkanes of at least 4 members (excludes halogenated alkanes) is 29. The molecule has 1 aromatic rings. The molecule has 1 saturated carbocycles. The monoisotopic (exact) mass is 1800 g/mol. The molecule has 4 aliphatic rings. The average Bonchev–Trinajstić information content (AvgIpc) is 0.772. The Balaban J connectivity index is 1.24. The van der Waals surface area contributed by atoms with Crippen LogP contribution in [0.2, 0.25) is 0 Å². The Morgan fingerprint density at radius 1 is 0.617 bits per heavy atom. The predicted octanol–water partition coefficient (Wildman–Crippen LogP) is 22.4. The van der Waals surface area contributed by atoms with Crippen molar-refractivity contribution >= 4 is 53.3 Å². The number of methoxy groups -OCH3 is 3. The number of aryl methyl sites for hydroxylation is 2. The summed E-state index contributed by atoms with van der Waals surface area (Å²) in [4.78, 5) is 131. The standard InChI is InChI=1S/C106H175NO21/c1-18-21-23-25-27-29-31-33-35-37-39-45-49-57-94(110)122-72-85(73-123-95(111)58-50-46-40-38-36-34-32-30-28-26-24-22-19-2)124-102(115)77(7)54-47-43-41-42-44-48-55-78(8)103(116)126-91-65-76(6)63-79(9)97(91)105(13,14)71-96(112)125-89-70-88(109)84(53-20-3)64-74(4)62-75(5)66-92(120-16)99-93(121-17)68-81(11)106(118,128-99)100(113)101(114)107-61-52-51-56-86(107)104(117)127-98(82(89)12)80(10)67-83-59-60-87(108)90(69-83)119-15/h20,63-65,67,75,77-78,81-87,89-90,92-93,98-99,108,118H,3,18-19,21-62,66,68-73H2,1-2,4-17H3/b74-64+,80-67+/t75-,77?,78?,81+,82+,83-,84+,86-,87+,89-,90+,92-,93-,98+,99+,106+/m0/s1. The number of ether oxygens (including phenoxy) is 10. The average molecular weight is 1800 g/mol. The van der Waals surface area contributed by atoms with E-state index in [1.807, 2.05) is 86.6 Å². The fraction of sp³-hybridized carbons (Fsp3) is 0.802. The van der Waals surface area contributed by atoms with Crippen molar-refractivity contribution in [3.8, 4) is 5.75 Å². The summed E-state index contributed by atoms with van der Waals surface area (Å²) in [6.45, 7) is 28.7. The number of carbonyl (C=O) groups excluding carboxylic acids is 9. The van der Waals surface area contributed by atoms with Crippen LogP contribution in [0.15, 0.2) is 48.1 Å². The zero-order valence-corrected chi connectivity index (χ0v) is 82.5. The van der Waals surface area contributed by atoms with E-state index in [-0.39, 0.29) is 94.3 Å². The molecule has 1 aliphatic carbocycles. The molecule has 22 heteroatoms. The van der Waals surface area contributed by atoms with Gasteiger partial charge in [0.05, 0.1) is 42.7 Å². The molecule has 1 amide bonds. The summed E-state index contributed by atoms with van der Waals surface area (Å²) in [6.07, 6.45) is 40.3. The number of hydrogen-bond donors (Lipinski definition) is 2. The summed E-state index contributed by atoms with van der Waals surface area (Å²) in [6, 6.07) is 2.50. The van der Waals surface area contributed by atoms with E-state index in [1.165, 1.54) is 135 Å². The largest absolute Gasteiger partial charge is 0.462 e. The number of cyclic esters (lactones) is 1. The lowest BCUT2D eigenvalue weighted by Crippen LogP contribution is -2.64. The summed E-state index contributed by atoms with van der Waals surface area (Å²) in [5.41, 5.74) is 2.66. The Kier molecular flexibility index (Phi) is 54.1. The minimum absolute atomic E-state index is 0.000325. The molecule has 2 unspecified atom stereocenters. The summed E-state index contributed by atoms with van der Waals surface area (Å²) < 4.78 is 61.2. The van der Waals surface area contributed by atoms with E-state index in [1.54, 1.807) is 27.0 Å². The van der Waals surface area contributed by atoms with Gasteiger partial charge in [-0.05, 0) is 152 Å². The second kappa shape index (κ2) is 61.6. The first kappa shape index (κ1) is 112. The third-order valence-corrected chi connectivity index (χ3v) is 27.5. The molecule has 730 valence electrons. The van der Waals surface area contributed by atoms with Gasteiger partial charge < -0.3 is 62.5 Å². The molecule has 2 N–H and O–H groups in total. The highest BCUT2D eigenvalue weighted by molar-refractivity contribution is 6.39. The van der Waals surface area contributed by atoms with Gasteiger partial charge in [-0.25, -0.2) is 4.79 Å². The predicted molar refractivity (Wildman–Crippen MR) is 503 cm³/mol. The molecule has 0 aromatic heterocycles. The molecule has 16 atom stereocenters. The smallest absolute Gasteiger partial charge is 0.329 e. The number of rotatable bonds is 56. The van der Waals surface area contributed by atoms with E-state index in [0.29, 0.717) is 74.7 Å². The first-order valence-electron chi connectivity index (χ1n) is 50.5. The summed E-state index contributed by atoms with van der Waals surface area (Å²) in [7, 11) is 4.58. The number of ketones is 2. The van der Waals surface area contributed by atoms with Crippen molar-refractivity contribution in [2.45, 2.75) is 464 Å². The Labute approximate surface area is 772 Å². The van der Waals surface area contributed by atoms with Crippen LogP contribution >= 0.6 is 0 Å². The van der Waals surface area contributed by atoms with E-state index >= 15 is 14.4 Å². The molecule has 128 heavy (non-hydrogen) atoms. The van der Waals surface area contributed by atoms with Gasteiger partial charge in [-0.2, -0.15) is 0 Å². The second-order valence-electron chi connectivity index (χ2n) is 39.6. The molecule has 2 saturated heterocycles. The Morgan fingerprint density at radius 2 is 1.12 bits per heavy atom. The number of esters is 6. The van der Waals surface area contributed by atoms with E-state index in [4.69, 9.17) is 47.4 Å². The zero-order valence-electron chi connectivity index (χ0n) is 82.5. The van der Waals surface area contributed by atoms with Gasteiger partial charge in [0.15, 0.2) is 6.10 Å². The topological polar surface area (TPSA) is 290 Å². The van der Waals surface area contributed by atoms with Crippen molar-refractivity contribution in [3.63, 3.8) is 0 Å². The van der Waals surface area contributed by atoms with E-state index in [0.717, 1.165) is 107 Å². The maximum Gasteiger partial charge on any atom is 0.329 e. The Hall–Kier alpha value is -6.17. The number of aliphatic hydroxyl groups is 2. The highest BCUT2D eigenvalue weighted by Crippen LogP contribution is 2.43. The molecule has 22 nitrogen and oxygen atoms in total. The second-order valence-corrected chi connectivity index (χ2v) is 39.6. The van der Waals surface area contributed by atoms with Crippen LogP contribution in [0.1, 0.15) is 401 Å². The molecule has 3 aliphatic heterocycles. The SMILES string of the molecule is C=CC[C@@H]1/C=C(\C)C[C@H](C)C[C@H](OC)[C@H]2O[C@@](O)(C(=O)C(=O)N3CCCC[C@H]3C(=O)O[C@H](/C(C)=C/[C@@H]3CC[C@@H](O)[C@H](OC)C3)[C@H](C)[C@@H](OC(=O)CC(C)(C)c3c(C)cc(C)cc3OC(=O)C(C)CCCCCCCCC(C)C(=O)OC(COC(=O)CCCCCCCCCCCCCCC)COC(=O)CCCCCCCCCCCCCCC)CC1=O)[C@H](C)C[C@@H]2OC. The van der Waals surface area contributed by atoms with Crippen molar-refractivity contribution in [1.29, 1.82) is 0 Å². The van der Waals surface area contributed by atoms with Gasteiger partial charge in [-0.1, -0.05) is 285 Å². The van der Waals surface area contributed by atoms with Crippen molar-refractivity contribution < 1.29 is 101 Å². The Bertz CT molecular complexity index is 3480. The molecule has 1 aromatic carbocycles. The van der Waals surface area contributed by atoms with Crippen molar-refractivity contribution in [3.05, 3.63) is 64.8 Å². The van der Waals surface area contributed by atoms with Gasteiger partial charge >= 0.3 is 35.8 Å². The van der Waals surface area contributed by atoms with Crippen LogP contribution in [0, 0.1) is 55.3 Å². The fourth-order valence-electron chi connectivity index (χ4n) is 19.6. The van der Waals surface area contributed by atoms with Crippen molar-refractivity contribution in [2.24, 2.45) is 41.4 Å². The maximum atomic E-state index is 15.3. The highest BCUT2D eigenvalue weighted by Gasteiger charge is 2.57. The van der Waals surface area contributed by atoms with Crippen molar-refractivity contribution in [1.82, 2.24) is 4.90 Å². The molecule has 3 heterocycles. The van der Waals surface area contributed by atoms with Crippen LogP contribution < -0.4 is 4.74 Å². The Morgan fingerprint density at radius 3 is 1.63 bits per heavy atom. The van der Waals surface area contributed by atoms with Gasteiger partial charge in [-0.3, -0.25) is 38.4 Å². The van der Waals surface area contributed by atoms with Crippen LogP contribution in [0.3, 0.4) is 0 Å². The summed E-state index contributed by atoms with van der Waals surface area (Å²) in [5.74, 6) is -11.6. The van der Waals surface area contributed by atoms with E-state index < -0.39 is 131 Å². The molecule has 5 rings (SSSR count). The van der Waals surface area contributed by atoms with Gasteiger partial charge in [-0.15, -0.1) is 6.58 Å².